The van der Waals surface area contributed by atoms with Gasteiger partial charge in [-0.3, -0.25) is 18.7 Å². The molecule has 0 heterocycles. The summed E-state index contributed by atoms with van der Waals surface area (Å²) in [6.45, 7) is 0. The van der Waals surface area contributed by atoms with Crippen molar-refractivity contribution in [3.05, 3.63) is 120 Å². The molecule has 0 spiro atoms. The molecular weight excluding hydrogens is 717 g/mol. The van der Waals surface area contributed by atoms with E-state index in [1.807, 2.05) is 0 Å². The summed E-state index contributed by atoms with van der Waals surface area (Å²) in [5.74, 6) is -1.81. The molecule has 0 unspecified atom stereocenters. The molecule has 6 aromatic rings. The molecule has 15 nitrogen and oxygen atoms in total. The lowest BCUT2D eigenvalue weighted by Crippen LogP contribution is -2.19. The van der Waals surface area contributed by atoms with Gasteiger partial charge in [0.1, 0.15) is 21.3 Å². The molecule has 0 bridgehead atoms. The molecule has 6 aromatic carbocycles. The van der Waals surface area contributed by atoms with Crippen LogP contribution in [0.5, 0.6) is 11.5 Å². The zero-order valence-electron chi connectivity index (χ0n) is 26.4. The van der Waals surface area contributed by atoms with Gasteiger partial charge in [0.15, 0.2) is 0 Å². The van der Waals surface area contributed by atoms with Crippen LogP contribution < -0.4 is 21.3 Å². The van der Waals surface area contributed by atoms with Crippen LogP contribution in [0.1, 0.15) is 20.7 Å². The summed E-state index contributed by atoms with van der Waals surface area (Å²) < 4.78 is 66.4. The Morgan fingerprint density at radius 1 is 0.442 bits per heavy atom. The van der Waals surface area contributed by atoms with Gasteiger partial charge < -0.3 is 31.5 Å². The maximum atomic E-state index is 12.9. The van der Waals surface area contributed by atoms with Crippen LogP contribution >= 0.6 is 0 Å². The summed E-state index contributed by atoms with van der Waals surface area (Å²) in [6, 6.07) is 24.1. The van der Waals surface area contributed by atoms with Gasteiger partial charge in [0.05, 0.1) is 0 Å². The second kappa shape index (κ2) is 13.6. The van der Waals surface area contributed by atoms with Crippen LogP contribution in [0.4, 0.5) is 27.5 Å². The van der Waals surface area contributed by atoms with Crippen molar-refractivity contribution in [3.63, 3.8) is 0 Å². The zero-order valence-corrected chi connectivity index (χ0v) is 28.0. The van der Waals surface area contributed by atoms with Gasteiger partial charge in [-0.1, -0.05) is 12.1 Å². The minimum absolute atomic E-state index is 0.0878. The molecule has 17 heteroatoms. The molecule has 0 aliphatic rings. The van der Waals surface area contributed by atoms with Crippen LogP contribution in [0.25, 0.3) is 21.5 Å². The predicted molar refractivity (Wildman–Crippen MR) is 192 cm³/mol. The van der Waals surface area contributed by atoms with Crippen LogP contribution in [0, 0.1) is 0 Å². The number of rotatable bonds is 8. The van der Waals surface area contributed by atoms with Crippen molar-refractivity contribution in [2.75, 3.05) is 21.3 Å². The third-order valence-corrected chi connectivity index (χ3v) is 9.47. The lowest BCUT2D eigenvalue weighted by Gasteiger charge is -2.11. The molecule has 0 aliphatic heterocycles. The van der Waals surface area contributed by atoms with E-state index in [1.54, 1.807) is 0 Å². The summed E-state index contributed by atoms with van der Waals surface area (Å²) in [6.07, 6.45) is 0. The fraction of sp³-hybridized carbons (Fsp3) is 0. The molecule has 0 atom stereocenters. The molecule has 0 aliphatic carbocycles. The minimum atomic E-state index is -4.67. The van der Waals surface area contributed by atoms with E-state index in [9.17, 15) is 50.5 Å². The van der Waals surface area contributed by atoms with Gasteiger partial charge in [0, 0.05) is 56.8 Å². The number of carbonyl (C=O) groups is 3. The van der Waals surface area contributed by atoms with Crippen molar-refractivity contribution in [1.29, 1.82) is 0 Å². The fourth-order valence-electron chi connectivity index (χ4n) is 5.31. The third kappa shape index (κ3) is 7.92. The highest BCUT2D eigenvalue weighted by molar-refractivity contribution is 7.86. The molecule has 0 saturated heterocycles. The number of hydrogen-bond donors (Lipinski definition) is 8. The number of phenolic OH excluding ortho intramolecular Hbond substituents is 2. The molecule has 4 amide bonds. The molecule has 6 rings (SSSR count). The molecule has 52 heavy (non-hydrogen) atoms. The Labute approximate surface area is 295 Å². The van der Waals surface area contributed by atoms with Crippen molar-refractivity contribution in [2.24, 2.45) is 0 Å². The molecule has 0 fully saturated rings. The van der Waals surface area contributed by atoms with Gasteiger partial charge >= 0.3 is 6.03 Å². The second-order valence-electron chi connectivity index (χ2n) is 11.4. The van der Waals surface area contributed by atoms with Crippen LogP contribution in [0.2, 0.25) is 0 Å². The van der Waals surface area contributed by atoms with Crippen molar-refractivity contribution >= 4 is 82.4 Å². The number of carbonyl (C=O) groups excluding carboxylic acids is 3. The summed E-state index contributed by atoms with van der Waals surface area (Å²) in [5.41, 5.74) is 1.56. The largest absolute Gasteiger partial charge is 0.508 e. The van der Waals surface area contributed by atoms with Crippen LogP contribution in [-0.4, -0.2) is 54.0 Å². The fourth-order valence-corrected chi connectivity index (χ4v) is 6.76. The van der Waals surface area contributed by atoms with Crippen molar-refractivity contribution in [2.45, 2.75) is 9.79 Å². The summed E-state index contributed by atoms with van der Waals surface area (Å²) in [4.78, 5) is 37.3. The Morgan fingerprint density at radius 3 is 1.13 bits per heavy atom. The first-order valence-electron chi connectivity index (χ1n) is 14.9. The van der Waals surface area contributed by atoms with Crippen molar-refractivity contribution in [1.82, 2.24) is 0 Å². The summed E-state index contributed by atoms with van der Waals surface area (Å²) >= 11 is 0. The Bertz CT molecular complexity index is 2460. The minimum Gasteiger partial charge on any atom is -0.508 e. The predicted octanol–water partition coefficient (Wildman–Crippen LogP) is 6.05. The molecule has 0 saturated carbocycles. The van der Waals surface area contributed by atoms with Crippen LogP contribution in [-0.2, 0) is 20.2 Å². The van der Waals surface area contributed by atoms with E-state index in [0.29, 0.717) is 22.1 Å². The van der Waals surface area contributed by atoms with E-state index >= 15 is 0 Å². The Morgan fingerprint density at radius 2 is 0.788 bits per heavy atom. The SMILES string of the molecule is O=C(Nc1ccc(C(=O)Nc2ccc3cc(O)cc(S(=O)(=O)O)c3c2)cc1)Nc1ccc(C(=O)Nc2ccc3cc(O)cc(S(=O)(=O)O)c3c2)cc1. The lowest BCUT2D eigenvalue weighted by molar-refractivity contribution is 0.101. The van der Waals surface area contributed by atoms with Gasteiger partial charge in [-0.05, 0) is 95.7 Å². The topological polar surface area (TPSA) is 249 Å². The molecule has 8 N–H and O–H groups in total. The maximum Gasteiger partial charge on any atom is 0.323 e. The number of anilines is 4. The Kier molecular flexibility index (Phi) is 9.26. The highest BCUT2D eigenvalue weighted by atomic mass is 32.2. The first kappa shape index (κ1) is 35.3. The quantitative estimate of drug-likeness (QED) is 0.0834. The highest BCUT2D eigenvalue weighted by Gasteiger charge is 2.18. The van der Waals surface area contributed by atoms with E-state index in [4.69, 9.17) is 0 Å². The van der Waals surface area contributed by atoms with Gasteiger partial charge in [-0.15, -0.1) is 0 Å². The number of amides is 4. The normalized spacial score (nSPS) is 11.6. The maximum absolute atomic E-state index is 12.9. The Hall–Kier alpha value is -6.53. The second-order valence-corrected chi connectivity index (χ2v) is 14.1. The van der Waals surface area contributed by atoms with Crippen LogP contribution in [0.3, 0.4) is 0 Å². The first-order chi connectivity index (χ1) is 24.5. The van der Waals surface area contributed by atoms with E-state index in [-0.39, 0.29) is 44.8 Å². The lowest BCUT2D eigenvalue weighted by atomic mass is 10.1. The smallest absolute Gasteiger partial charge is 0.323 e. The van der Waals surface area contributed by atoms with Crippen LogP contribution in [0.15, 0.2) is 119 Å². The summed E-state index contributed by atoms with van der Waals surface area (Å²) in [5, 5.41) is 30.9. The number of aromatic hydroxyl groups is 2. The molecular formula is C35H26N4O11S2. The standard InChI is InChI=1S/C35H26N4O11S2/c40-27-13-21-5-11-25(15-29(21)31(17-27)51(45,46)47)36-33(42)19-1-7-23(8-2-19)38-35(44)39-24-9-3-20(4-10-24)34(43)37-26-12-6-22-14-28(41)18-32(30(22)16-26)52(48,49)50/h1-18,40-41H,(H,36,42)(H,37,43)(H2,38,39,44)(H,45,46,47)(H,48,49,50). The van der Waals surface area contributed by atoms with Crippen molar-refractivity contribution < 1.29 is 50.5 Å². The van der Waals surface area contributed by atoms with E-state index in [2.05, 4.69) is 21.3 Å². The zero-order chi connectivity index (χ0) is 37.4. The van der Waals surface area contributed by atoms with Gasteiger partial charge in [0.25, 0.3) is 32.1 Å². The monoisotopic (exact) mass is 742 g/mol. The number of urea groups is 1. The van der Waals surface area contributed by atoms with Crippen molar-refractivity contribution in [3.8, 4) is 11.5 Å². The summed E-state index contributed by atoms with van der Waals surface area (Å²) in [7, 11) is -9.33. The molecule has 0 radical (unpaired) electrons. The van der Waals surface area contributed by atoms with E-state index in [1.165, 1.54) is 97.1 Å². The number of nitrogens with one attached hydrogen (secondary N) is 4. The van der Waals surface area contributed by atoms with Gasteiger partial charge in [0.2, 0.25) is 0 Å². The average Bonchev–Trinajstić information content (AvgIpc) is 3.07. The number of phenols is 2. The number of benzene rings is 6. The van der Waals surface area contributed by atoms with Gasteiger partial charge in [-0.2, -0.15) is 16.8 Å². The molecule has 0 aromatic heterocycles. The molecule has 264 valence electrons. The number of fused-ring (bicyclic) bond motifs is 2. The first-order valence-corrected chi connectivity index (χ1v) is 17.8. The van der Waals surface area contributed by atoms with E-state index < -0.39 is 47.9 Å². The van der Waals surface area contributed by atoms with Gasteiger partial charge in [-0.25, -0.2) is 4.79 Å². The number of hydrogen-bond acceptors (Lipinski definition) is 9. The van der Waals surface area contributed by atoms with E-state index in [0.717, 1.165) is 12.1 Å². The highest BCUT2D eigenvalue weighted by Crippen LogP contribution is 2.32. The Balaban J connectivity index is 1.06. The average molecular weight is 743 g/mol. The third-order valence-electron chi connectivity index (χ3n) is 7.68.